The zero-order valence-corrected chi connectivity index (χ0v) is 10.6. The minimum absolute atomic E-state index is 0.275. The van der Waals surface area contributed by atoms with Crippen molar-refractivity contribution in [1.82, 2.24) is 5.01 Å². The first kappa shape index (κ1) is 12.1. The summed E-state index contributed by atoms with van der Waals surface area (Å²) >= 11 is 0. The number of amides is 1. The maximum Gasteiger partial charge on any atom is 0.275 e. The van der Waals surface area contributed by atoms with Crippen LogP contribution in [-0.4, -0.2) is 17.1 Å². The molecule has 2 aromatic rings. The lowest BCUT2D eigenvalue weighted by Gasteiger charge is -2.27. The number of hydrogen-bond donors (Lipinski definition) is 0. The van der Waals surface area contributed by atoms with Gasteiger partial charge in [-0.3, -0.25) is 4.79 Å². The number of fused-ring (bicyclic) bond motifs is 1. The third-order valence-electron chi connectivity index (χ3n) is 3.21. The van der Waals surface area contributed by atoms with E-state index in [0.29, 0.717) is 5.56 Å². The molecule has 4 heteroatoms. The number of carbonyl (C=O) groups is 1. The average Bonchev–Trinajstić information content (AvgIpc) is 2.54. The van der Waals surface area contributed by atoms with Crippen molar-refractivity contribution in [2.45, 2.75) is 6.04 Å². The zero-order chi connectivity index (χ0) is 13.9. The van der Waals surface area contributed by atoms with E-state index in [1.165, 1.54) is 5.01 Å². The largest absolute Gasteiger partial charge is 0.275 e. The monoisotopic (exact) mass is 261 g/mol. The molecule has 0 radical (unpaired) electrons. The van der Waals surface area contributed by atoms with E-state index in [-0.39, 0.29) is 5.91 Å². The maximum atomic E-state index is 12.4. The van der Waals surface area contributed by atoms with Gasteiger partial charge in [0.15, 0.2) is 6.04 Å². The number of carbonyl (C=O) groups excluding carboxylic acids is 1. The van der Waals surface area contributed by atoms with Crippen molar-refractivity contribution in [3.05, 3.63) is 71.3 Å². The molecular formula is C16H11N3O. The summed E-state index contributed by atoms with van der Waals surface area (Å²) in [6.45, 7) is 0. The number of hydrogen-bond acceptors (Lipinski definition) is 3. The molecule has 3 rings (SSSR count). The summed E-state index contributed by atoms with van der Waals surface area (Å²) in [5, 5.41) is 14.8. The van der Waals surface area contributed by atoms with Gasteiger partial charge >= 0.3 is 0 Å². The molecule has 0 unspecified atom stereocenters. The normalized spacial score (nSPS) is 16.4. The third kappa shape index (κ3) is 1.95. The van der Waals surface area contributed by atoms with Crippen LogP contribution in [0.5, 0.6) is 0 Å². The molecule has 96 valence electrons. The van der Waals surface area contributed by atoms with Gasteiger partial charge < -0.3 is 0 Å². The summed E-state index contributed by atoms with van der Waals surface area (Å²) in [4.78, 5) is 12.4. The second kappa shape index (κ2) is 4.98. The molecule has 0 saturated carbocycles. The van der Waals surface area contributed by atoms with Gasteiger partial charge in [0.1, 0.15) is 0 Å². The highest BCUT2D eigenvalue weighted by Crippen LogP contribution is 2.28. The Morgan fingerprint density at radius 3 is 2.55 bits per heavy atom. The van der Waals surface area contributed by atoms with Gasteiger partial charge in [-0.15, -0.1) is 0 Å². The first-order valence-corrected chi connectivity index (χ1v) is 6.22. The molecule has 0 bridgehead atoms. The Morgan fingerprint density at radius 1 is 1.10 bits per heavy atom. The van der Waals surface area contributed by atoms with Gasteiger partial charge in [-0.05, 0) is 17.7 Å². The van der Waals surface area contributed by atoms with Crippen LogP contribution in [0, 0.1) is 11.3 Å². The second-order valence-electron chi connectivity index (χ2n) is 4.42. The van der Waals surface area contributed by atoms with E-state index in [0.717, 1.165) is 11.1 Å². The summed E-state index contributed by atoms with van der Waals surface area (Å²) in [5.41, 5.74) is 2.19. The molecule has 1 heterocycles. The quantitative estimate of drug-likeness (QED) is 0.792. The van der Waals surface area contributed by atoms with Gasteiger partial charge in [0.05, 0.1) is 12.3 Å². The van der Waals surface area contributed by atoms with Gasteiger partial charge in [-0.1, -0.05) is 42.5 Å². The Hall–Kier alpha value is -2.93. The third-order valence-corrected chi connectivity index (χ3v) is 3.21. The first-order valence-electron chi connectivity index (χ1n) is 6.22. The molecule has 0 fully saturated rings. The van der Waals surface area contributed by atoms with Crippen LogP contribution in [0.4, 0.5) is 0 Å². The van der Waals surface area contributed by atoms with Crippen LogP contribution in [-0.2, 0) is 0 Å². The van der Waals surface area contributed by atoms with Crippen LogP contribution >= 0.6 is 0 Å². The van der Waals surface area contributed by atoms with E-state index in [1.807, 2.05) is 30.3 Å². The molecule has 0 N–H and O–H groups in total. The minimum atomic E-state index is -0.691. The highest BCUT2D eigenvalue weighted by Gasteiger charge is 2.29. The highest BCUT2D eigenvalue weighted by molar-refractivity contribution is 5.96. The van der Waals surface area contributed by atoms with Crippen molar-refractivity contribution in [2.75, 3.05) is 0 Å². The molecule has 2 aromatic carbocycles. The van der Waals surface area contributed by atoms with E-state index in [9.17, 15) is 10.1 Å². The summed E-state index contributed by atoms with van der Waals surface area (Å²) in [7, 11) is 0. The Balaban J connectivity index is 2.01. The van der Waals surface area contributed by atoms with Crippen LogP contribution in [0.15, 0.2) is 59.7 Å². The molecule has 1 amide bonds. The Labute approximate surface area is 116 Å². The predicted molar refractivity (Wildman–Crippen MR) is 75.0 cm³/mol. The fraction of sp³-hybridized carbons (Fsp3) is 0.0625. The lowest BCUT2D eigenvalue weighted by atomic mass is 9.99. The number of nitrogens with zero attached hydrogens (tertiary/aromatic N) is 3. The van der Waals surface area contributed by atoms with E-state index >= 15 is 0 Å². The molecule has 0 aliphatic carbocycles. The molecule has 0 spiro atoms. The topological polar surface area (TPSA) is 56.5 Å². The lowest BCUT2D eigenvalue weighted by molar-refractivity contribution is 0.0720. The van der Waals surface area contributed by atoms with E-state index in [2.05, 4.69) is 11.2 Å². The average molecular weight is 261 g/mol. The van der Waals surface area contributed by atoms with Crippen molar-refractivity contribution < 1.29 is 4.79 Å². The smallest absolute Gasteiger partial charge is 0.267 e. The Morgan fingerprint density at radius 2 is 1.80 bits per heavy atom. The van der Waals surface area contributed by atoms with E-state index in [4.69, 9.17) is 0 Å². The SMILES string of the molecule is N#C[C@H]1c2ccccc2C=NN1C(=O)c1ccccc1. The van der Waals surface area contributed by atoms with E-state index in [1.54, 1.807) is 30.5 Å². The summed E-state index contributed by atoms with van der Waals surface area (Å²) in [6, 6.07) is 17.8. The maximum absolute atomic E-state index is 12.4. The molecule has 4 nitrogen and oxygen atoms in total. The van der Waals surface area contributed by atoms with Crippen LogP contribution in [0.25, 0.3) is 0 Å². The van der Waals surface area contributed by atoms with Crippen LogP contribution in [0.3, 0.4) is 0 Å². The van der Waals surface area contributed by atoms with E-state index < -0.39 is 6.04 Å². The highest BCUT2D eigenvalue weighted by atomic mass is 16.2. The molecule has 1 aliphatic heterocycles. The second-order valence-corrected chi connectivity index (χ2v) is 4.42. The summed E-state index contributed by atoms with van der Waals surface area (Å²) in [5.74, 6) is -0.275. The molecule has 1 atom stereocenters. The Kier molecular flexibility index (Phi) is 3.02. The van der Waals surface area contributed by atoms with Crippen LogP contribution in [0.1, 0.15) is 27.5 Å². The first-order chi connectivity index (χ1) is 9.81. The number of hydrazone groups is 1. The molecule has 20 heavy (non-hydrogen) atoms. The van der Waals surface area contributed by atoms with Gasteiger partial charge in [0.2, 0.25) is 0 Å². The van der Waals surface area contributed by atoms with Crippen molar-refractivity contribution in [1.29, 1.82) is 5.26 Å². The lowest BCUT2D eigenvalue weighted by Crippen LogP contribution is -2.32. The fourth-order valence-corrected chi connectivity index (χ4v) is 2.21. The fourth-order valence-electron chi connectivity index (χ4n) is 2.21. The van der Waals surface area contributed by atoms with Crippen molar-refractivity contribution >= 4 is 12.1 Å². The van der Waals surface area contributed by atoms with Gasteiger partial charge in [0, 0.05) is 11.1 Å². The number of benzene rings is 2. The molecule has 1 aliphatic rings. The Bertz CT molecular complexity index is 716. The van der Waals surface area contributed by atoms with Crippen molar-refractivity contribution in [2.24, 2.45) is 5.10 Å². The van der Waals surface area contributed by atoms with Crippen molar-refractivity contribution in [3.8, 4) is 6.07 Å². The summed E-state index contributed by atoms with van der Waals surface area (Å²) in [6.07, 6.45) is 1.62. The van der Waals surface area contributed by atoms with Gasteiger partial charge in [-0.25, -0.2) is 5.01 Å². The zero-order valence-electron chi connectivity index (χ0n) is 10.6. The van der Waals surface area contributed by atoms with Gasteiger partial charge in [-0.2, -0.15) is 10.4 Å². The molecular weight excluding hydrogens is 250 g/mol. The summed E-state index contributed by atoms with van der Waals surface area (Å²) < 4.78 is 0. The predicted octanol–water partition coefficient (Wildman–Crippen LogP) is 2.74. The standard InChI is InChI=1S/C16H11N3O/c17-10-15-14-9-5-4-8-13(14)11-18-19(15)16(20)12-6-2-1-3-7-12/h1-9,11,15H/t15-/m0/s1. The molecule has 0 saturated heterocycles. The number of rotatable bonds is 1. The minimum Gasteiger partial charge on any atom is -0.267 e. The van der Waals surface area contributed by atoms with Crippen LogP contribution < -0.4 is 0 Å². The van der Waals surface area contributed by atoms with Crippen molar-refractivity contribution in [3.63, 3.8) is 0 Å². The van der Waals surface area contributed by atoms with Crippen LogP contribution in [0.2, 0.25) is 0 Å². The number of nitriles is 1. The molecule has 0 aromatic heterocycles. The van der Waals surface area contributed by atoms with Gasteiger partial charge in [0.25, 0.3) is 5.91 Å².